The molecule has 3 aromatic rings. The van der Waals surface area contributed by atoms with Crippen LogP contribution in [0, 0.1) is 11.6 Å². The number of rotatable bonds is 4. The van der Waals surface area contributed by atoms with Gasteiger partial charge in [-0.3, -0.25) is 0 Å². The minimum atomic E-state index is -0.910. The predicted molar refractivity (Wildman–Crippen MR) is 84.9 cm³/mol. The second-order valence-corrected chi connectivity index (χ2v) is 5.56. The fourth-order valence-electron chi connectivity index (χ4n) is 2.04. The van der Waals surface area contributed by atoms with Crippen LogP contribution in [-0.2, 0) is 4.74 Å². The zero-order valence-electron chi connectivity index (χ0n) is 12.9. The summed E-state index contributed by atoms with van der Waals surface area (Å²) in [6.45, 7) is 1.50. The average molecular weight is 365 g/mol. The van der Waals surface area contributed by atoms with Gasteiger partial charge >= 0.3 is 5.97 Å². The van der Waals surface area contributed by atoms with Gasteiger partial charge in [-0.1, -0.05) is 11.6 Å². The molecule has 0 amide bonds. The van der Waals surface area contributed by atoms with Gasteiger partial charge in [0.2, 0.25) is 5.89 Å². The third-order valence-electron chi connectivity index (χ3n) is 3.31. The molecule has 0 N–H and O–H groups in total. The van der Waals surface area contributed by atoms with Gasteiger partial charge in [0, 0.05) is 10.6 Å². The summed E-state index contributed by atoms with van der Waals surface area (Å²) in [5.41, 5.74) is 0.220. The number of ether oxygens (including phenoxy) is 1. The molecule has 0 aliphatic carbocycles. The summed E-state index contributed by atoms with van der Waals surface area (Å²) in [4.78, 5) is 12.1. The molecule has 25 heavy (non-hydrogen) atoms. The van der Waals surface area contributed by atoms with Crippen LogP contribution in [0.25, 0.3) is 11.5 Å². The van der Waals surface area contributed by atoms with Crippen molar-refractivity contribution in [3.63, 3.8) is 0 Å². The Bertz CT molecular complexity index is 913. The monoisotopic (exact) mass is 364 g/mol. The maximum atomic E-state index is 13.7. The topological polar surface area (TPSA) is 65.2 Å². The van der Waals surface area contributed by atoms with Crippen LogP contribution in [0.1, 0.15) is 29.3 Å². The standard InChI is InChI=1S/C17H11ClF2N2O3/c1-9(24-17(23)13-8-11(18)4-7-14(13)20)15-21-22-16(25-15)10-2-5-12(19)6-3-10/h2-9H,1H3/t9-/m0/s1. The highest BCUT2D eigenvalue weighted by Crippen LogP contribution is 2.24. The quantitative estimate of drug-likeness (QED) is 0.634. The summed E-state index contributed by atoms with van der Waals surface area (Å²) >= 11 is 5.75. The maximum absolute atomic E-state index is 13.7. The first kappa shape index (κ1) is 17.0. The van der Waals surface area contributed by atoms with E-state index in [1.165, 1.54) is 43.3 Å². The van der Waals surface area contributed by atoms with Crippen molar-refractivity contribution in [2.75, 3.05) is 0 Å². The Morgan fingerprint density at radius 1 is 1.16 bits per heavy atom. The molecular weight excluding hydrogens is 354 g/mol. The van der Waals surface area contributed by atoms with Gasteiger partial charge in [-0.15, -0.1) is 10.2 Å². The average Bonchev–Trinajstić information content (AvgIpc) is 3.07. The van der Waals surface area contributed by atoms with E-state index in [-0.39, 0.29) is 22.4 Å². The number of hydrogen-bond acceptors (Lipinski definition) is 5. The van der Waals surface area contributed by atoms with Gasteiger partial charge in [0.25, 0.3) is 5.89 Å². The van der Waals surface area contributed by atoms with Crippen molar-refractivity contribution in [3.8, 4) is 11.5 Å². The van der Waals surface area contributed by atoms with Gasteiger partial charge in [-0.25, -0.2) is 13.6 Å². The predicted octanol–water partition coefficient (Wildman–Crippen LogP) is 4.59. The SMILES string of the molecule is C[C@H](OC(=O)c1cc(Cl)ccc1F)c1nnc(-c2ccc(F)cc2)o1. The molecule has 0 fully saturated rings. The molecule has 2 aromatic carbocycles. The molecular formula is C17H11ClF2N2O3. The number of carbonyl (C=O) groups excluding carboxylic acids is 1. The Hall–Kier alpha value is -2.80. The van der Waals surface area contributed by atoms with Crippen molar-refractivity contribution >= 4 is 17.6 Å². The minimum Gasteiger partial charge on any atom is -0.449 e. The molecule has 0 aliphatic rings. The lowest BCUT2D eigenvalue weighted by atomic mass is 10.2. The molecule has 0 saturated heterocycles. The second-order valence-electron chi connectivity index (χ2n) is 5.12. The maximum Gasteiger partial charge on any atom is 0.341 e. The first-order valence-electron chi connectivity index (χ1n) is 7.19. The van der Waals surface area contributed by atoms with Crippen LogP contribution in [0.3, 0.4) is 0 Å². The van der Waals surface area contributed by atoms with Gasteiger partial charge in [0.1, 0.15) is 11.6 Å². The number of benzene rings is 2. The van der Waals surface area contributed by atoms with E-state index in [1.54, 1.807) is 0 Å². The first-order chi connectivity index (χ1) is 11.9. The van der Waals surface area contributed by atoms with Crippen molar-refractivity contribution in [3.05, 3.63) is 70.6 Å². The van der Waals surface area contributed by atoms with Crippen LogP contribution in [0.15, 0.2) is 46.9 Å². The first-order valence-corrected chi connectivity index (χ1v) is 7.57. The smallest absolute Gasteiger partial charge is 0.341 e. The fraction of sp³-hybridized carbons (Fsp3) is 0.118. The number of halogens is 3. The van der Waals surface area contributed by atoms with Crippen molar-refractivity contribution in [1.29, 1.82) is 0 Å². The number of esters is 1. The van der Waals surface area contributed by atoms with Crippen LogP contribution in [0.5, 0.6) is 0 Å². The lowest BCUT2D eigenvalue weighted by molar-refractivity contribution is 0.0274. The van der Waals surface area contributed by atoms with Crippen molar-refractivity contribution in [2.45, 2.75) is 13.0 Å². The van der Waals surface area contributed by atoms with Crippen molar-refractivity contribution in [2.24, 2.45) is 0 Å². The van der Waals surface area contributed by atoms with E-state index in [4.69, 9.17) is 20.8 Å². The molecule has 0 aliphatic heterocycles. The number of nitrogens with zero attached hydrogens (tertiary/aromatic N) is 2. The Morgan fingerprint density at radius 2 is 1.88 bits per heavy atom. The molecule has 1 aromatic heterocycles. The highest BCUT2D eigenvalue weighted by molar-refractivity contribution is 6.30. The van der Waals surface area contributed by atoms with Crippen LogP contribution >= 0.6 is 11.6 Å². The van der Waals surface area contributed by atoms with Crippen LogP contribution in [-0.4, -0.2) is 16.2 Å². The molecule has 0 bridgehead atoms. The van der Waals surface area contributed by atoms with E-state index in [1.807, 2.05) is 0 Å². The number of carbonyl (C=O) groups is 1. The normalized spacial score (nSPS) is 12.0. The molecule has 3 rings (SSSR count). The van der Waals surface area contributed by atoms with E-state index in [0.717, 1.165) is 6.07 Å². The van der Waals surface area contributed by atoms with Gasteiger partial charge in [0.15, 0.2) is 6.10 Å². The van der Waals surface area contributed by atoms with Crippen LogP contribution in [0.2, 0.25) is 5.02 Å². The Labute approximate surface area is 146 Å². The van der Waals surface area contributed by atoms with Gasteiger partial charge < -0.3 is 9.15 Å². The number of aromatic nitrogens is 2. The third-order valence-corrected chi connectivity index (χ3v) is 3.55. The van der Waals surface area contributed by atoms with E-state index in [2.05, 4.69) is 10.2 Å². The summed E-state index contributed by atoms with van der Waals surface area (Å²) < 4.78 is 37.2. The molecule has 8 heteroatoms. The highest BCUT2D eigenvalue weighted by atomic mass is 35.5. The minimum absolute atomic E-state index is 0.0233. The van der Waals surface area contributed by atoms with Gasteiger partial charge in [-0.2, -0.15) is 0 Å². The Balaban J connectivity index is 1.75. The van der Waals surface area contributed by atoms with E-state index in [9.17, 15) is 13.6 Å². The van der Waals surface area contributed by atoms with Gasteiger partial charge in [0.05, 0.1) is 5.56 Å². The molecule has 0 spiro atoms. The van der Waals surface area contributed by atoms with E-state index in [0.29, 0.717) is 5.56 Å². The summed E-state index contributed by atoms with van der Waals surface area (Å²) in [5.74, 6) is -1.88. The number of hydrogen-bond donors (Lipinski definition) is 0. The molecule has 1 heterocycles. The molecule has 5 nitrogen and oxygen atoms in total. The zero-order valence-corrected chi connectivity index (χ0v) is 13.6. The molecule has 1 atom stereocenters. The van der Waals surface area contributed by atoms with Crippen molar-refractivity contribution < 1.29 is 22.7 Å². The lowest BCUT2D eigenvalue weighted by Crippen LogP contribution is -2.11. The fourth-order valence-corrected chi connectivity index (χ4v) is 2.21. The van der Waals surface area contributed by atoms with Crippen LogP contribution in [0.4, 0.5) is 8.78 Å². The third kappa shape index (κ3) is 3.83. The summed E-state index contributed by atoms with van der Waals surface area (Å²) in [6, 6.07) is 9.03. The van der Waals surface area contributed by atoms with Gasteiger partial charge in [-0.05, 0) is 49.4 Å². The Morgan fingerprint density at radius 3 is 2.60 bits per heavy atom. The van der Waals surface area contributed by atoms with E-state index >= 15 is 0 Å². The summed E-state index contributed by atoms with van der Waals surface area (Å²) in [6.07, 6.45) is -0.910. The summed E-state index contributed by atoms with van der Waals surface area (Å²) in [5, 5.41) is 7.82. The van der Waals surface area contributed by atoms with Crippen molar-refractivity contribution in [1.82, 2.24) is 10.2 Å². The zero-order chi connectivity index (χ0) is 18.0. The largest absolute Gasteiger partial charge is 0.449 e. The molecule has 0 radical (unpaired) electrons. The molecule has 0 unspecified atom stereocenters. The Kier molecular flexibility index (Phi) is 4.76. The molecule has 0 saturated carbocycles. The van der Waals surface area contributed by atoms with E-state index < -0.39 is 23.7 Å². The highest BCUT2D eigenvalue weighted by Gasteiger charge is 2.22. The summed E-state index contributed by atoms with van der Waals surface area (Å²) in [7, 11) is 0. The molecule has 128 valence electrons. The van der Waals surface area contributed by atoms with Crippen LogP contribution < -0.4 is 0 Å². The lowest BCUT2D eigenvalue weighted by Gasteiger charge is -2.10. The second kappa shape index (κ2) is 6.98.